The van der Waals surface area contributed by atoms with Crippen molar-refractivity contribution >= 4 is 29.1 Å². The lowest BCUT2D eigenvalue weighted by Gasteiger charge is -2.32. The number of primary amides is 1. The average molecular weight is 572 g/mol. The standard InChI is InChI=1S/C30H45N5O4S/c1-19(21-9-11-22(12-10-21)27-20(2)33-18-40-27)34-29(39)25-14-24(36)17-35(25)26(37)16-30(3,4)15-23(28(32)38)8-6-5-7-13-31/h9-12,18-19,23-25,36H,5-8,13-17,31H2,1-4H3,(H2,32,38)(H,34,39)/t19-,23?,24-,25?/m1/s1. The van der Waals surface area contributed by atoms with Crippen LogP contribution in [-0.2, 0) is 14.4 Å². The number of hydrogen-bond acceptors (Lipinski definition) is 7. The molecule has 0 aliphatic carbocycles. The number of nitrogens with zero attached hydrogens (tertiary/aromatic N) is 2. The summed E-state index contributed by atoms with van der Waals surface area (Å²) in [4.78, 5) is 45.7. The summed E-state index contributed by atoms with van der Waals surface area (Å²) in [5, 5.41) is 13.4. The number of aliphatic hydroxyl groups is 1. The predicted octanol–water partition coefficient (Wildman–Crippen LogP) is 3.68. The molecular weight excluding hydrogens is 526 g/mol. The van der Waals surface area contributed by atoms with E-state index in [0.29, 0.717) is 19.4 Å². The number of nitrogens with one attached hydrogen (secondary N) is 1. The lowest BCUT2D eigenvalue weighted by molar-refractivity contribution is -0.140. The molecule has 40 heavy (non-hydrogen) atoms. The van der Waals surface area contributed by atoms with Crippen LogP contribution in [-0.4, -0.2) is 57.9 Å². The smallest absolute Gasteiger partial charge is 0.243 e. The number of β-amino-alcohol motifs (C(OH)–C–C–N with tert-alkyl or cyclic N) is 1. The van der Waals surface area contributed by atoms with Gasteiger partial charge in [-0.3, -0.25) is 14.4 Å². The van der Waals surface area contributed by atoms with Gasteiger partial charge in [0.05, 0.1) is 28.2 Å². The molecular formula is C30H45N5O4S. The van der Waals surface area contributed by atoms with Crippen LogP contribution in [0.25, 0.3) is 10.4 Å². The Hall–Kier alpha value is -2.82. The van der Waals surface area contributed by atoms with Crippen LogP contribution in [0.5, 0.6) is 0 Å². The first kappa shape index (κ1) is 31.7. The Bertz CT molecular complexity index is 1150. The van der Waals surface area contributed by atoms with E-state index in [4.69, 9.17) is 11.5 Å². The lowest BCUT2D eigenvalue weighted by Crippen LogP contribution is -2.47. The fraction of sp³-hybridized carbons (Fsp3) is 0.600. The first-order valence-corrected chi connectivity index (χ1v) is 15.1. The summed E-state index contributed by atoms with van der Waals surface area (Å²) in [5.74, 6) is -1.17. The van der Waals surface area contributed by atoms with Gasteiger partial charge in [-0.05, 0) is 56.2 Å². The molecule has 0 saturated carbocycles. The molecule has 1 aliphatic heterocycles. The maximum Gasteiger partial charge on any atom is 0.243 e. The van der Waals surface area contributed by atoms with Gasteiger partial charge < -0.3 is 26.8 Å². The van der Waals surface area contributed by atoms with E-state index in [1.54, 1.807) is 11.3 Å². The average Bonchev–Trinajstić information content (AvgIpc) is 3.51. The van der Waals surface area contributed by atoms with E-state index in [1.807, 2.05) is 57.5 Å². The molecule has 1 aromatic carbocycles. The van der Waals surface area contributed by atoms with Crippen molar-refractivity contribution in [2.75, 3.05) is 13.1 Å². The van der Waals surface area contributed by atoms with E-state index in [1.165, 1.54) is 4.90 Å². The fourth-order valence-corrected chi connectivity index (χ4v) is 6.35. The van der Waals surface area contributed by atoms with Crippen LogP contribution in [0.1, 0.15) is 83.0 Å². The van der Waals surface area contributed by atoms with Crippen LogP contribution in [0.4, 0.5) is 0 Å². The number of nitrogens with two attached hydrogens (primary N) is 2. The largest absolute Gasteiger partial charge is 0.391 e. The summed E-state index contributed by atoms with van der Waals surface area (Å²) >= 11 is 1.59. The van der Waals surface area contributed by atoms with E-state index in [2.05, 4.69) is 10.3 Å². The van der Waals surface area contributed by atoms with Crippen LogP contribution in [0, 0.1) is 18.3 Å². The van der Waals surface area contributed by atoms with Gasteiger partial charge in [-0.2, -0.15) is 0 Å². The molecule has 0 bridgehead atoms. The van der Waals surface area contributed by atoms with E-state index in [0.717, 1.165) is 41.0 Å². The molecule has 4 atom stereocenters. The van der Waals surface area contributed by atoms with Gasteiger partial charge in [-0.15, -0.1) is 11.3 Å². The second-order valence-electron chi connectivity index (χ2n) is 11.9. The summed E-state index contributed by atoms with van der Waals surface area (Å²) in [6, 6.07) is 6.99. The van der Waals surface area contributed by atoms with Crippen LogP contribution >= 0.6 is 11.3 Å². The van der Waals surface area contributed by atoms with Gasteiger partial charge in [0.15, 0.2) is 0 Å². The summed E-state index contributed by atoms with van der Waals surface area (Å²) in [6.45, 7) is 8.51. The van der Waals surface area contributed by atoms with Gasteiger partial charge in [-0.25, -0.2) is 4.98 Å². The number of aliphatic hydroxyl groups excluding tert-OH is 1. The van der Waals surface area contributed by atoms with Gasteiger partial charge in [0.1, 0.15) is 6.04 Å². The maximum absolute atomic E-state index is 13.4. The number of aryl methyl sites for hydroxylation is 1. The number of likely N-dealkylation sites (tertiary alicyclic amines) is 1. The Labute approximate surface area is 241 Å². The first-order valence-electron chi connectivity index (χ1n) is 14.2. The molecule has 1 fully saturated rings. The van der Waals surface area contributed by atoms with Crippen LogP contribution in [0.15, 0.2) is 29.8 Å². The van der Waals surface area contributed by atoms with E-state index in [9.17, 15) is 19.5 Å². The fourth-order valence-electron chi connectivity index (χ4n) is 5.54. The zero-order valence-electron chi connectivity index (χ0n) is 24.2. The minimum atomic E-state index is -0.763. The molecule has 1 aromatic heterocycles. The van der Waals surface area contributed by atoms with Gasteiger partial charge in [0, 0.05) is 25.3 Å². The zero-order valence-corrected chi connectivity index (χ0v) is 25.0. The second kappa shape index (κ2) is 14.2. The third-order valence-corrected chi connectivity index (χ3v) is 8.74. The van der Waals surface area contributed by atoms with Crippen molar-refractivity contribution in [3.05, 3.63) is 41.0 Å². The minimum absolute atomic E-state index is 0.114. The Balaban J connectivity index is 1.60. The summed E-state index contributed by atoms with van der Waals surface area (Å²) in [5.41, 5.74) is 15.6. The van der Waals surface area contributed by atoms with Gasteiger partial charge in [0.2, 0.25) is 17.7 Å². The van der Waals surface area contributed by atoms with Crippen molar-refractivity contribution in [3.63, 3.8) is 0 Å². The highest BCUT2D eigenvalue weighted by molar-refractivity contribution is 7.13. The molecule has 2 unspecified atom stereocenters. The molecule has 2 aromatic rings. The Kier molecular flexibility index (Phi) is 11.2. The van der Waals surface area contributed by atoms with E-state index < -0.39 is 17.6 Å². The molecule has 3 rings (SSSR count). The quantitative estimate of drug-likeness (QED) is 0.254. The molecule has 6 N–H and O–H groups in total. The van der Waals surface area contributed by atoms with Crippen LogP contribution in [0.3, 0.4) is 0 Å². The highest BCUT2D eigenvalue weighted by atomic mass is 32.1. The topological polar surface area (TPSA) is 152 Å². The minimum Gasteiger partial charge on any atom is -0.391 e. The molecule has 3 amide bonds. The second-order valence-corrected chi connectivity index (χ2v) is 12.7. The number of benzene rings is 1. The molecule has 0 radical (unpaired) electrons. The molecule has 220 valence electrons. The third kappa shape index (κ3) is 8.59. The monoisotopic (exact) mass is 571 g/mol. The van der Waals surface area contributed by atoms with Crippen molar-refractivity contribution in [1.29, 1.82) is 0 Å². The highest BCUT2D eigenvalue weighted by Gasteiger charge is 2.41. The summed E-state index contributed by atoms with van der Waals surface area (Å²) in [6.07, 6.45) is 3.45. The Morgan fingerprint density at radius 3 is 2.50 bits per heavy atom. The van der Waals surface area contributed by atoms with Crippen molar-refractivity contribution in [3.8, 4) is 10.4 Å². The Morgan fingerprint density at radius 1 is 1.20 bits per heavy atom. The summed E-state index contributed by atoms with van der Waals surface area (Å²) in [7, 11) is 0. The molecule has 1 saturated heterocycles. The maximum atomic E-state index is 13.4. The molecule has 2 heterocycles. The van der Waals surface area contributed by atoms with Gasteiger partial charge >= 0.3 is 0 Å². The number of aromatic nitrogens is 1. The third-order valence-electron chi connectivity index (χ3n) is 7.77. The van der Waals surface area contributed by atoms with Gasteiger partial charge in [-0.1, -0.05) is 51.0 Å². The zero-order chi connectivity index (χ0) is 29.4. The number of thiazole rings is 1. The number of amides is 3. The number of rotatable bonds is 14. The first-order chi connectivity index (χ1) is 18.9. The van der Waals surface area contributed by atoms with Crippen molar-refractivity contribution < 1.29 is 19.5 Å². The van der Waals surface area contributed by atoms with E-state index in [-0.39, 0.29) is 49.1 Å². The molecule has 10 heteroatoms. The number of carbonyl (C=O) groups excluding carboxylic acids is 3. The Morgan fingerprint density at radius 2 is 1.90 bits per heavy atom. The van der Waals surface area contributed by atoms with Crippen molar-refractivity contribution in [2.24, 2.45) is 22.8 Å². The summed E-state index contributed by atoms with van der Waals surface area (Å²) < 4.78 is 0. The van der Waals surface area contributed by atoms with Crippen LogP contribution in [0.2, 0.25) is 0 Å². The number of carbonyl (C=O) groups is 3. The molecule has 0 spiro atoms. The number of hydrogen-bond donors (Lipinski definition) is 4. The van der Waals surface area contributed by atoms with Crippen LogP contribution < -0.4 is 16.8 Å². The predicted molar refractivity (Wildman–Crippen MR) is 158 cm³/mol. The molecule has 1 aliphatic rings. The highest BCUT2D eigenvalue weighted by Crippen LogP contribution is 2.34. The lowest BCUT2D eigenvalue weighted by atomic mass is 9.77. The normalized spacial score (nSPS) is 18.9. The number of unbranched alkanes of at least 4 members (excludes halogenated alkanes) is 2. The SMILES string of the molecule is Cc1ncsc1-c1ccc([C@@H](C)NC(=O)C2C[C@@H](O)CN2C(=O)CC(C)(C)CC(CCCCCN)C(N)=O)cc1. The van der Waals surface area contributed by atoms with Gasteiger partial charge in [0.25, 0.3) is 0 Å². The van der Waals surface area contributed by atoms with Crippen molar-refractivity contribution in [2.45, 2.75) is 90.8 Å². The van der Waals surface area contributed by atoms with E-state index >= 15 is 0 Å². The molecule has 9 nitrogen and oxygen atoms in total. The van der Waals surface area contributed by atoms with Crippen molar-refractivity contribution in [1.82, 2.24) is 15.2 Å².